The first-order valence-corrected chi connectivity index (χ1v) is 6.88. The van der Waals surface area contributed by atoms with E-state index in [-0.39, 0.29) is 12.2 Å². The summed E-state index contributed by atoms with van der Waals surface area (Å²) in [5.74, 6) is 0. The quantitative estimate of drug-likeness (QED) is 0.695. The van der Waals surface area contributed by atoms with Crippen molar-refractivity contribution in [1.29, 1.82) is 0 Å². The molecule has 0 atom stereocenters. The fourth-order valence-electron chi connectivity index (χ4n) is 1.97. The highest BCUT2D eigenvalue weighted by Gasteiger charge is 2.08. The average Bonchev–Trinajstić information content (AvgIpc) is 2.53. The number of nitrogens with zero attached hydrogens (tertiary/aromatic N) is 2. The minimum Gasteiger partial charge on any atom is -0.449 e. The van der Waals surface area contributed by atoms with Gasteiger partial charge >= 0.3 is 6.09 Å². The van der Waals surface area contributed by atoms with Crippen LogP contribution in [0.3, 0.4) is 0 Å². The summed E-state index contributed by atoms with van der Waals surface area (Å²) in [6.45, 7) is 3.74. The van der Waals surface area contributed by atoms with Gasteiger partial charge in [0.05, 0.1) is 18.0 Å². The van der Waals surface area contributed by atoms with Gasteiger partial charge in [0.2, 0.25) is 0 Å². The van der Waals surface area contributed by atoms with E-state index in [1.54, 1.807) is 32.2 Å². The van der Waals surface area contributed by atoms with Gasteiger partial charge in [0, 0.05) is 17.8 Å². The maximum absolute atomic E-state index is 12.0. The van der Waals surface area contributed by atoms with Gasteiger partial charge in [-0.25, -0.2) is 10.2 Å². The average molecular weight is 299 g/mol. The fraction of sp³-hybridized carbons (Fsp3) is 0.188. The Labute approximate surface area is 128 Å². The normalized spacial score (nSPS) is 11.1. The Morgan fingerprint density at radius 1 is 1.23 bits per heavy atom. The lowest BCUT2D eigenvalue weighted by Gasteiger charge is -2.11. The number of ether oxygens (including phenoxy) is 1. The van der Waals surface area contributed by atoms with E-state index in [0.29, 0.717) is 11.4 Å². The van der Waals surface area contributed by atoms with Crippen LogP contribution in [0, 0.1) is 0 Å². The monoisotopic (exact) mass is 299 g/mol. The number of amides is 1. The minimum absolute atomic E-state index is 0.138. The molecule has 1 N–H and O–H groups in total. The predicted molar refractivity (Wildman–Crippen MR) is 84.4 cm³/mol. The largest absolute Gasteiger partial charge is 0.449 e. The molecule has 6 heteroatoms. The molecule has 1 aromatic carbocycles. The highest BCUT2D eigenvalue weighted by Crippen LogP contribution is 2.13. The maximum atomic E-state index is 12.0. The molecule has 1 heterocycles. The molecular weight excluding hydrogens is 282 g/mol. The first-order chi connectivity index (χ1) is 10.6. The van der Waals surface area contributed by atoms with Crippen molar-refractivity contribution in [2.24, 2.45) is 5.10 Å². The molecule has 1 amide bonds. The van der Waals surface area contributed by atoms with Gasteiger partial charge in [0.1, 0.15) is 0 Å². The van der Waals surface area contributed by atoms with E-state index in [9.17, 15) is 9.59 Å². The number of benzene rings is 1. The van der Waals surface area contributed by atoms with Gasteiger partial charge in [0.15, 0.2) is 0 Å². The Morgan fingerprint density at radius 3 is 2.68 bits per heavy atom. The van der Waals surface area contributed by atoms with E-state index >= 15 is 0 Å². The van der Waals surface area contributed by atoms with Crippen LogP contribution < -0.4 is 11.0 Å². The second-order valence-electron chi connectivity index (χ2n) is 4.46. The highest BCUT2D eigenvalue weighted by molar-refractivity contribution is 6.02. The molecule has 0 unspecified atom stereocenters. The smallest absolute Gasteiger partial charge is 0.427 e. The molecule has 0 saturated heterocycles. The van der Waals surface area contributed by atoms with Gasteiger partial charge in [-0.1, -0.05) is 24.3 Å². The summed E-state index contributed by atoms with van der Waals surface area (Å²) in [6, 6.07) is 12.3. The molecule has 0 aliphatic heterocycles. The van der Waals surface area contributed by atoms with Crippen LogP contribution in [-0.4, -0.2) is 23.0 Å². The molecule has 0 radical (unpaired) electrons. The topological polar surface area (TPSA) is 72.7 Å². The Balaban J connectivity index is 2.37. The van der Waals surface area contributed by atoms with Crippen molar-refractivity contribution < 1.29 is 9.53 Å². The molecule has 0 spiro atoms. The first kappa shape index (κ1) is 15.5. The van der Waals surface area contributed by atoms with Crippen LogP contribution in [0.1, 0.15) is 19.4 Å². The van der Waals surface area contributed by atoms with Crippen LogP contribution in [0.5, 0.6) is 0 Å². The zero-order valence-electron chi connectivity index (χ0n) is 12.4. The maximum Gasteiger partial charge on any atom is 0.427 e. The Bertz CT molecular complexity index is 750. The molecule has 2 rings (SSSR count). The van der Waals surface area contributed by atoms with Crippen molar-refractivity contribution in [2.75, 3.05) is 6.61 Å². The number of para-hydroxylation sites is 1. The number of carbonyl (C=O) groups is 1. The van der Waals surface area contributed by atoms with Gasteiger partial charge in [-0.05, 0) is 26.0 Å². The van der Waals surface area contributed by atoms with E-state index < -0.39 is 6.09 Å². The number of nitrogens with one attached hydrogen (secondary N) is 1. The Hall–Kier alpha value is -2.89. The summed E-state index contributed by atoms with van der Waals surface area (Å²) >= 11 is 0. The Morgan fingerprint density at radius 2 is 1.95 bits per heavy atom. The molecule has 22 heavy (non-hydrogen) atoms. The molecule has 1 aromatic heterocycles. The predicted octanol–water partition coefficient (Wildman–Crippen LogP) is 2.31. The van der Waals surface area contributed by atoms with Crippen LogP contribution in [0.2, 0.25) is 0 Å². The molecule has 0 fully saturated rings. The lowest BCUT2D eigenvalue weighted by molar-refractivity contribution is 0.152. The van der Waals surface area contributed by atoms with E-state index in [1.807, 2.05) is 24.3 Å². The first-order valence-electron chi connectivity index (χ1n) is 6.88. The van der Waals surface area contributed by atoms with E-state index in [4.69, 9.17) is 4.74 Å². The highest BCUT2D eigenvalue weighted by atomic mass is 16.5. The standard InChI is InChI=1S/C16H17N3O3/c1-3-22-16(21)18-17-12(2)13-8-4-5-9-14(13)19-11-7-6-10-15(19)20/h4-11H,3H2,1-2H3,(H,18,21)/b17-12+. The van der Waals surface area contributed by atoms with E-state index in [0.717, 1.165) is 5.56 Å². The number of pyridine rings is 1. The summed E-state index contributed by atoms with van der Waals surface area (Å²) in [5.41, 5.74) is 4.18. The molecule has 114 valence electrons. The lowest BCUT2D eigenvalue weighted by atomic mass is 10.1. The lowest BCUT2D eigenvalue weighted by Crippen LogP contribution is -2.22. The second kappa shape index (κ2) is 7.21. The number of hydrogen-bond acceptors (Lipinski definition) is 4. The number of aromatic nitrogens is 1. The van der Waals surface area contributed by atoms with Gasteiger partial charge in [0.25, 0.3) is 5.56 Å². The third-order valence-corrected chi connectivity index (χ3v) is 2.97. The number of hydrogen-bond donors (Lipinski definition) is 1. The van der Waals surface area contributed by atoms with Crippen molar-refractivity contribution in [1.82, 2.24) is 9.99 Å². The number of hydrazone groups is 1. The zero-order valence-corrected chi connectivity index (χ0v) is 12.4. The third kappa shape index (κ3) is 3.60. The van der Waals surface area contributed by atoms with Gasteiger partial charge in [-0.2, -0.15) is 5.10 Å². The van der Waals surface area contributed by atoms with E-state index in [1.165, 1.54) is 10.6 Å². The zero-order chi connectivity index (χ0) is 15.9. The molecule has 0 saturated carbocycles. The van der Waals surface area contributed by atoms with Crippen LogP contribution in [0.25, 0.3) is 5.69 Å². The molecule has 0 aliphatic carbocycles. The van der Waals surface area contributed by atoms with Crippen molar-refractivity contribution in [3.8, 4) is 5.69 Å². The van der Waals surface area contributed by atoms with Crippen LogP contribution >= 0.6 is 0 Å². The molecular formula is C16H17N3O3. The number of carbonyl (C=O) groups excluding carboxylic acids is 1. The minimum atomic E-state index is -0.615. The molecule has 6 nitrogen and oxygen atoms in total. The van der Waals surface area contributed by atoms with Crippen LogP contribution in [0.4, 0.5) is 4.79 Å². The molecule has 0 aliphatic rings. The summed E-state index contributed by atoms with van der Waals surface area (Å²) in [4.78, 5) is 23.3. The summed E-state index contributed by atoms with van der Waals surface area (Å²) in [5, 5.41) is 4.01. The Kier molecular flexibility index (Phi) is 5.08. The van der Waals surface area contributed by atoms with Crippen molar-refractivity contribution in [3.05, 3.63) is 64.6 Å². The summed E-state index contributed by atoms with van der Waals surface area (Å²) < 4.78 is 6.28. The summed E-state index contributed by atoms with van der Waals surface area (Å²) in [6.07, 6.45) is 1.07. The number of rotatable bonds is 4. The van der Waals surface area contributed by atoms with Crippen LogP contribution in [0.15, 0.2) is 58.6 Å². The van der Waals surface area contributed by atoms with Gasteiger partial charge < -0.3 is 4.74 Å². The summed E-state index contributed by atoms with van der Waals surface area (Å²) in [7, 11) is 0. The fourth-order valence-corrected chi connectivity index (χ4v) is 1.97. The van der Waals surface area contributed by atoms with Crippen molar-refractivity contribution in [3.63, 3.8) is 0 Å². The SMILES string of the molecule is CCOC(=O)N/N=C(\C)c1ccccc1-n1ccccc1=O. The third-order valence-electron chi connectivity index (χ3n) is 2.97. The second-order valence-corrected chi connectivity index (χ2v) is 4.46. The van der Waals surface area contributed by atoms with E-state index in [2.05, 4.69) is 10.5 Å². The molecule has 2 aromatic rings. The van der Waals surface area contributed by atoms with Crippen molar-refractivity contribution in [2.45, 2.75) is 13.8 Å². The van der Waals surface area contributed by atoms with Crippen LogP contribution in [-0.2, 0) is 4.74 Å². The molecule has 0 bridgehead atoms. The van der Waals surface area contributed by atoms with Gasteiger partial charge in [-0.3, -0.25) is 9.36 Å². The van der Waals surface area contributed by atoms with Crippen molar-refractivity contribution >= 4 is 11.8 Å². The van der Waals surface area contributed by atoms with Gasteiger partial charge in [-0.15, -0.1) is 0 Å².